The van der Waals surface area contributed by atoms with Crippen LogP contribution in [0.3, 0.4) is 0 Å². The monoisotopic (exact) mass is 401 g/mol. The fraction of sp³-hybridized carbons (Fsp3) is 0.0667. The molecule has 0 aliphatic carbocycles. The maximum absolute atomic E-state index is 11.9. The minimum atomic E-state index is -0.689. The summed E-state index contributed by atoms with van der Waals surface area (Å²) in [4.78, 5) is 23.6. The van der Waals surface area contributed by atoms with Crippen LogP contribution in [0.15, 0.2) is 46.9 Å². The number of amides is 1. The number of halogens is 3. The number of ether oxygens (including phenoxy) is 1. The van der Waals surface area contributed by atoms with Gasteiger partial charge in [-0.15, -0.1) is 0 Å². The summed E-state index contributed by atoms with van der Waals surface area (Å²) in [6.07, 6.45) is 0. The molecule has 0 bridgehead atoms. The Morgan fingerprint density at radius 2 is 1.91 bits per heavy atom. The van der Waals surface area contributed by atoms with Crippen molar-refractivity contribution in [3.63, 3.8) is 0 Å². The predicted octanol–water partition coefficient (Wildman–Crippen LogP) is 4.55. The molecule has 2 rings (SSSR count). The first kappa shape index (κ1) is 16.8. The van der Waals surface area contributed by atoms with E-state index in [0.29, 0.717) is 10.7 Å². The third-order valence-electron chi connectivity index (χ3n) is 2.59. The highest BCUT2D eigenvalue weighted by Crippen LogP contribution is 2.21. The lowest BCUT2D eigenvalue weighted by atomic mass is 10.2. The second kappa shape index (κ2) is 7.63. The third kappa shape index (κ3) is 4.73. The van der Waals surface area contributed by atoms with Crippen molar-refractivity contribution in [3.8, 4) is 0 Å². The molecule has 0 aliphatic rings. The summed E-state index contributed by atoms with van der Waals surface area (Å²) in [6, 6.07) is 11.5. The van der Waals surface area contributed by atoms with Crippen LogP contribution in [-0.2, 0) is 9.53 Å². The van der Waals surface area contributed by atoms with Crippen LogP contribution in [0.1, 0.15) is 10.4 Å². The van der Waals surface area contributed by atoms with Crippen molar-refractivity contribution < 1.29 is 14.3 Å². The van der Waals surface area contributed by atoms with Crippen molar-refractivity contribution in [1.82, 2.24) is 0 Å². The van der Waals surface area contributed by atoms with E-state index >= 15 is 0 Å². The van der Waals surface area contributed by atoms with Gasteiger partial charge in [-0.1, -0.05) is 45.2 Å². The van der Waals surface area contributed by atoms with E-state index in [2.05, 4.69) is 21.2 Å². The van der Waals surface area contributed by atoms with Gasteiger partial charge < -0.3 is 10.1 Å². The number of carbonyl (C=O) groups is 2. The average molecular weight is 403 g/mol. The largest absolute Gasteiger partial charge is 0.452 e. The van der Waals surface area contributed by atoms with Crippen molar-refractivity contribution in [2.75, 3.05) is 11.9 Å². The number of carbonyl (C=O) groups excluding carboxylic acids is 2. The highest BCUT2D eigenvalue weighted by molar-refractivity contribution is 9.10. The van der Waals surface area contributed by atoms with E-state index in [1.165, 1.54) is 18.2 Å². The van der Waals surface area contributed by atoms with Crippen molar-refractivity contribution in [1.29, 1.82) is 0 Å². The van der Waals surface area contributed by atoms with E-state index in [1.807, 2.05) is 6.07 Å². The lowest BCUT2D eigenvalue weighted by Gasteiger charge is -2.08. The summed E-state index contributed by atoms with van der Waals surface area (Å²) in [5, 5.41) is 3.20. The number of nitrogens with one attached hydrogen (secondary N) is 1. The Kier molecular flexibility index (Phi) is 5.83. The number of hydrogen-bond donors (Lipinski definition) is 1. The molecule has 0 spiro atoms. The zero-order valence-electron chi connectivity index (χ0n) is 11.1. The van der Waals surface area contributed by atoms with Gasteiger partial charge in [-0.05, 0) is 36.4 Å². The first-order valence-corrected chi connectivity index (χ1v) is 7.68. The van der Waals surface area contributed by atoms with Gasteiger partial charge in [0.05, 0.1) is 10.6 Å². The molecule has 0 aromatic heterocycles. The van der Waals surface area contributed by atoms with Gasteiger partial charge in [0.2, 0.25) is 0 Å². The number of hydrogen-bond acceptors (Lipinski definition) is 3. The van der Waals surface area contributed by atoms with Gasteiger partial charge in [-0.3, -0.25) is 4.79 Å². The summed E-state index contributed by atoms with van der Waals surface area (Å²) in [7, 11) is 0. The number of rotatable bonds is 4. The molecule has 0 fully saturated rings. The molecule has 0 saturated carbocycles. The second-order valence-corrected chi connectivity index (χ2v) is 6.02. The molecule has 22 heavy (non-hydrogen) atoms. The number of esters is 1. The van der Waals surface area contributed by atoms with E-state index in [9.17, 15) is 9.59 Å². The molecule has 1 amide bonds. The van der Waals surface area contributed by atoms with E-state index in [-0.39, 0.29) is 10.6 Å². The van der Waals surface area contributed by atoms with Crippen LogP contribution in [0.5, 0.6) is 0 Å². The zero-order valence-corrected chi connectivity index (χ0v) is 14.2. The van der Waals surface area contributed by atoms with Crippen LogP contribution in [0.4, 0.5) is 5.69 Å². The topological polar surface area (TPSA) is 55.4 Å². The molecule has 2 aromatic rings. The van der Waals surface area contributed by atoms with Crippen molar-refractivity contribution in [2.24, 2.45) is 0 Å². The Bertz CT molecular complexity index is 722. The molecule has 0 saturated heterocycles. The normalized spacial score (nSPS) is 10.1. The lowest BCUT2D eigenvalue weighted by molar-refractivity contribution is -0.119. The van der Waals surface area contributed by atoms with Gasteiger partial charge in [0, 0.05) is 15.2 Å². The third-order valence-corrected chi connectivity index (χ3v) is 3.63. The first-order chi connectivity index (χ1) is 10.5. The lowest BCUT2D eigenvalue weighted by Crippen LogP contribution is -2.21. The molecule has 7 heteroatoms. The van der Waals surface area contributed by atoms with Gasteiger partial charge in [0.1, 0.15) is 0 Å². The predicted molar refractivity (Wildman–Crippen MR) is 89.5 cm³/mol. The molecule has 0 atom stereocenters. The van der Waals surface area contributed by atoms with E-state index in [1.54, 1.807) is 18.2 Å². The standard InChI is InChI=1S/C15H10BrCl2NO3/c16-9-2-1-3-11(6-9)19-14(20)8-22-15(21)12-5-4-10(17)7-13(12)18/h1-7H,8H2,(H,19,20). The Balaban J connectivity index is 1.92. The summed E-state index contributed by atoms with van der Waals surface area (Å²) in [5.41, 5.74) is 0.751. The van der Waals surface area contributed by atoms with Gasteiger partial charge in [0.15, 0.2) is 6.61 Å². The van der Waals surface area contributed by atoms with Crippen molar-refractivity contribution in [3.05, 3.63) is 62.5 Å². The number of benzene rings is 2. The van der Waals surface area contributed by atoms with Gasteiger partial charge in [0.25, 0.3) is 5.91 Å². The van der Waals surface area contributed by atoms with E-state index in [4.69, 9.17) is 27.9 Å². The maximum Gasteiger partial charge on any atom is 0.340 e. The van der Waals surface area contributed by atoms with Crippen molar-refractivity contribution >= 4 is 56.7 Å². The quantitative estimate of drug-likeness (QED) is 0.763. The average Bonchev–Trinajstić information content (AvgIpc) is 2.45. The molecule has 0 unspecified atom stereocenters. The first-order valence-electron chi connectivity index (χ1n) is 6.13. The highest BCUT2D eigenvalue weighted by atomic mass is 79.9. The summed E-state index contributed by atoms with van der Waals surface area (Å²) in [6.45, 7) is -0.412. The highest BCUT2D eigenvalue weighted by Gasteiger charge is 2.14. The fourth-order valence-electron chi connectivity index (χ4n) is 1.63. The molecule has 0 aliphatic heterocycles. The Hall–Kier alpha value is -1.56. The van der Waals surface area contributed by atoms with Crippen LogP contribution in [0, 0.1) is 0 Å². The van der Waals surface area contributed by atoms with Crippen LogP contribution in [-0.4, -0.2) is 18.5 Å². The molecular formula is C15H10BrCl2NO3. The summed E-state index contributed by atoms with van der Waals surface area (Å²) >= 11 is 14.9. The Labute approximate surface area is 145 Å². The van der Waals surface area contributed by atoms with Gasteiger partial charge in [-0.25, -0.2) is 4.79 Å². The molecule has 0 radical (unpaired) electrons. The smallest absolute Gasteiger partial charge is 0.340 e. The number of anilines is 1. The maximum atomic E-state index is 11.9. The van der Waals surface area contributed by atoms with Crippen LogP contribution in [0.2, 0.25) is 10.0 Å². The van der Waals surface area contributed by atoms with Crippen LogP contribution in [0.25, 0.3) is 0 Å². The molecule has 0 heterocycles. The van der Waals surface area contributed by atoms with Gasteiger partial charge >= 0.3 is 5.97 Å². The molecule has 2 aromatic carbocycles. The molecule has 114 valence electrons. The van der Waals surface area contributed by atoms with E-state index < -0.39 is 18.5 Å². The fourth-order valence-corrected chi connectivity index (χ4v) is 2.51. The summed E-state index contributed by atoms with van der Waals surface area (Å²) in [5.74, 6) is -1.14. The minimum absolute atomic E-state index is 0.154. The second-order valence-electron chi connectivity index (χ2n) is 4.26. The molecular weight excluding hydrogens is 393 g/mol. The summed E-state index contributed by atoms with van der Waals surface area (Å²) < 4.78 is 5.75. The Morgan fingerprint density at radius 1 is 1.14 bits per heavy atom. The van der Waals surface area contributed by atoms with Gasteiger partial charge in [-0.2, -0.15) is 0 Å². The van der Waals surface area contributed by atoms with Crippen LogP contribution >= 0.6 is 39.1 Å². The van der Waals surface area contributed by atoms with E-state index in [0.717, 1.165) is 4.47 Å². The van der Waals surface area contributed by atoms with Crippen LogP contribution < -0.4 is 5.32 Å². The SMILES string of the molecule is O=C(COC(=O)c1ccc(Cl)cc1Cl)Nc1cccc(Br)c1. The molecule has 1 N–H and O–H groups in total. The van der Waals surface area contributed by atoms with Crippen molar-refractivity contribution in [2.45, 2.75) is 0 Å². The minimum Gasteiger partial charge on any atom is -0.452 e. The Morgan fingerprint density at radius 3 is 2.59 bits per heavy atom. The molecule has 4 nitrogen and oxygen atoms in total. The zero-order chi connectivity index (χ0) is 16.1.